The SMILES string of the molecule is OOCC[n+]1ccc(C=C2C=C(/C=C3\Sc4cccc5c4N3CC5)CCC2)c2ccccc21. The number of hydrogen-bond acceptors (Lipinski definition) is 4. The maximum Gasteiger partial charge on any atom is 0.213 e. The Labute approximate surface area is 198 Å². The number of allylic oxidation sites excluding steroid dienone is 4. The largest absolute Gasteiger partial charge is 0.334 e. The van der Waals surface area contributed by atoms with Crippen molar-refractivity contribution in [2.45, 2.75) is 37.1 Å². The average Bonchev–Trinajstić information content (AvgIpc) is 3.44. The maximum absolute atomic E-state index is 8.75. The zero-order valence-electron chi connectivity index (χ0n) is 18.5. The van der Waals surface area contributed by atoms with E-state index in [9.17, 15) is 0 Å². The van der Waals surface area contributed by atoms with Gasteiger partial charge in [0.1, 0.15) is 6.61 Å². The molecule has 3 aliphatic rings. The molecule has 166 valence electrons. The minimum Gasteiger partial charge on any atom is -0.334 e. The maximum atomic E-state index is 8.75. The van der Waals surface area contributed by atoms with Crippen LogP contribution < -0.4 is 9.47 Å². The van der Waals surface area contributed by atoms with E-state index in [2.05, 4.69) is 87.3 Å². The number of benzene rings is 2. The molecule has 0 saturated heterocycles. The third-order valence-corrected chi connectivity index (χ3v) is 7.87. The van der Waals surface area contributed by atoms with Gasteiger partial charge in [0.25, 0.3) is 0 Å². The lowest BCUT2D eigenvalue weighted by Gasteiger charge is -2.17. The van der Waals surface area contributed by atoms with E-state index in [1.165, 1.54) is 49.7 Å². The molecule has 1 aromatic heterocycles. The molecule has 6 rings (SSSR count). The first-order valence-electron chi connectivity index (χ1n) is 11.7. The topological polar surface area (TPSA) is 36.6 Å². The highest BCUT2D eigenvalue weighted by molar-refractivity contribution is 8.03. The van der Waals surface area contributed by atoms with Gasteiger partial charge in [-0.1, -0.05) is 48.2 Å². The summed E-state index contributed by atoms with van der Waals surface area (Å²) in [6.07, 6.45) is 13.8. The van der Waals surface area contributed by atoms with Crippen LogP contribution in [0.1, 0.15) is 30.4 Å². The van der Waals surface area contributed by atoms with E-state index in [4.69, 9.17) is 5.26 Å². The predicted molar refractivity (Wildman–Crippen MR) is 134 cm³/mol. The van der Waals surface area contributed by atoms with Gasteiger partial charge in [0, 0.05) is 23.6 Å². The van der Waals surface area contributed by atoms with E-state index in [0.717, 1.165) is 31.3 Å². The highest BCUT2D eigenvalue weighted by Gasteiger charge is 2.31. The lowest BCUT2D eigenvalue weighted by molar-refractivity contribution is -0.676. The van der Waals surface area contributed by atoms with Crippen molar-refractivity contribution in [3.8, 4) is 0 Å². The zero-order valence-corrected chi connectivity index (χ0v) is 19.4. The van der Waals surface area contributed by atoms with E-state index in [1.54, 1.807) is 0 Å². The van der Waals surface area contributed by atoms with Gasteiger partial charge in [0.05, 0.1) is 16.1 Å². The Morgan fingerprint density at radius 3 is 2.91 bits per heavy atom. The number of pyridine rings is 1. The average molecular weight is 456 g/mol. The Balaban J connectivity index is 1.32. The molecule has 5 heteroatoms. The van der Waals surface area contributed by atoms with Crippen LogP contribution in [-0.2, 0) is 17.9 Å². The fraction of sp³-hybridized carbons (Fsp3) is 0.250. The Morgan fingerprint density at radius 1 is 1.03 bits per heavy atom. The Kier molecular flexibility index (Phi) is 5.54. The molecule has 0 bridgehead atoms. The molecule has 0 fully saturated rings. The molecule has 2 aliphatic heterocycles. The standard InChI is InChI=1S/C28H26N2O2S/c31-32-16-15-29-13-11-23(24-8-1-2-9-25(24)29)18-20-5-3-6-21(17-20)19-27-30-14-12-22-7-4-10-26(33-27)28(22)30/h1-2,4,7-11,13,17-19H,3,5-6,12,14-16H2/p+1. The van der Waals surface area contributed by atoms with E-state index < -0.39 is 0 Å². The van der Waals surface area contributed by atoms with Crippen LogP contribution in [0.5, 0.6) is 0 Å². The van der Waals surface area contributed by atoms with Gasteiger partial charge >= 0.3 is 0 Å². The monoisotopic (exact) mass is 455 g/mol. The molecule has 0 unspecified atom stereocenters. The second-order valence-corrected chi connectivity index (χ2v) is 9.92. The number of thioether (sulfide) groups is 1. The van der Waals surface area contributed by atoms with E-state index in [1.807, 2.05) is 11.8 Å². The van der Waals surface area contributed by atoms with Crippen LogP contribution in [-0.4, -0.2) is 18.4 Å². The van der Waals surface area contributed by atoms with Crippen molar-refractivity contribution in [1.29, 1.82) is 0 Å². The molecule has 2 aromatic carbocycles. The van der Waals surface area contributed by atoms with Crippen LogP contribution in [0.2, 0.25) is 0 Å². The highest BCUT2D eigenvalue weighted by Crippen LogP contribution is 2.51. The number of anilines is 1. The summed E-state index contributed by atoms with van der Waals surface area (Å²) >= 11 is 1.91. The molecule has 33 heavy (non-hydrogen) atoms. The summed E-state index contributed by atoms with van der Waals surface area (Å²) in [5.74, 6) is 0. The van der Waals surface area contributed by atoms with Crippen LogP contribution in [0.25, 0.3) is 17.0 Å². The molecule has 4 nitrogen and oxygen atoms in total. The van der Waals surface area contributed by atoms with Gasteiger partial charge in [-0.2, -0.15) is 4.57 Å². The number of rotatable bonds is 5. The van der Waals surface area contributed by atoms with Crippen LogP contribution in [0, 0.1) is 0 Å². The molecule has 0 saturated carbocycles. The Hall–Kier alpha value is -2.86. The lowest BCUT2D eigenvalue weighted by atomic mass is 9.93. The molecule has 1 aliphatic carbocycles. The number of aromatic nitrogens is 1. The molecule has 1 N–H and O–H groups in total. The number of para-hydroxylation sites is 2. The van der Waals surface area contributed by atoms with Gasteiger partial charge < -0.3 is 4.90 Å². The first kappa shape index (κ1) is 20.7. The van der Waals surface area contributed by atoms with Gasteiger partial charge in [-0.25, -0.2) is 4.89 Å². The van der Waals surface area contributed by atoms with Crippen molar-refractivity contribution >= 4 is 34.4 Å². The van der Waals surface area contributed by atoms with E-state index in [-0.39, 0.29) is 6.61 Å². The summed E-state index contributed by atoms with van der Waals surface area (Å²) in [4.78, 5) is 8.21. The van der Waals surface area contributed by atoms with Gasteiger partial charge in [0.2, 0.25) is 5.52 Å². The lowest BCUT2D eigenvalue weighted by Crippen LogP contribution is -2.36. The molecule has 0 amide bonds. The predicted octanol–water partition coefficient (Wildman–Crippen LogP) is 6.12. The second kappa shape index (κ2) is 8.82. The van der Waals surface area contributed by atoms with Crippen LogP contribution in [0.15, 0.2) is 88.0 Å². The number of nitrogens with zero attached hydrogens (tertiary/aromatic N) is 2. The minimum atomic E-state index is 0.274. The molecular formula is C28H27N2O2S+. The summed E-state index contributed by atoms with van der Waals surface area (Å²) in [5, 5.41) is 11.3. The Bertz CT molecular complexity index is 1320. The summed E-state index contributed by atoms with van der Waals surface area (Å²) in [6, 6.07) is 17.3. The fourth-order valence-electron chi connectivity index (χ4n) is 5.23. The first-order valence-corrected chi connectivity index (χ1v) is 12.5. The smallest absolute Gasteiger partial charge is 0.213 e. The summed E-state index contributed by atoms with van der Waals surface area (Å²) in [5.41, 5.74) is 8.12. The third kappa shape index (κ3) is 3.90. The third-order valence-electron chi connectivity index (χ3n) is 6.77. The van der Waals surface area contributed by atoms with Gasteiger partial charge in [0.15, 0.2) is 12.7 Å². The van der Waals surface area contributed by atoms with Gasteiger partial charge in [-0.3, -0.25) is 5.26 Å². The summed E-state index contributed by atoms with van der Waals surface area (Å²) in [6.45, 7) is 1.98. The molecule has 3 heterocycles. The molecule has 0 radical (unpaired) electrons. The van der Waals surface area contributed by atoms with E-state index in [0.29, 0.717) is 6.54 Å². The fourth-order valence-corrected chi connectivity index (χ4v) is 6.44. The van der Waals surface area contributed by atoms with Crippen molar-refractivity contribution < 1.29 is 14.7 Å². The number of hydrogen-bond donors (Lipinski definition) is 1. The summed E-state index contributed by atoms with van der Waals surface area (Å²) in [7, 11) is 0. The van der Waals surface area contributed by atoms with Crippen molar-refractivity contribution in [2.75, 3.05) is 18.1 Å². The number of fused-ring (bicyclic) bond motifs is 1. The molecule has 3 aromatic rings. The molecule has 0 spiro atoms. The quantitative estimate of drug-likeness (QED) is 0.286. The van der Waals surface area contributed by atoms with Crippen molar-refractivity contribution in [3.05, 3.63) is 94.2 Å². The highest BCUT2D eigenvalue weighted by atomic mass is 32.2. The zero-order chi connectivity index (χ0) is 22.2. The van der Waals surface area contributed by atoms with Crippen molar-refractivity contribution in [2.24, 2.45) is 0 Å². The molecule has 0 atom stereocenters. The van der Waals surface area contributed by atoms with Crippen molar-refractivity contribution in [1.82, 2.24) is 0 Å². The van der Waals surface area contributed by atoms with E-state index >= 15 is 0 Å². The minimum absolute atomic E-state index is 0.274. The first-order chi connectivity index (χ1) is 16.3. The van der Waals surface area contributed by atoms with Crippen LogP contribution >= 0.6 is 11.8 Å². The summed E-state index contributed by atoms with van der Waals surface area (Å²) < 4.78 is 2.12. The molecular weight excluding hydrogens is 428 g/mol. The second-order valence-electron chi connectivity index (χ2n) is 8.86. The van der Waals surface area contributed by atoms with Crippen LogP contribution in [0.4, 0.5) is 5.69 Å². The normalized spacial score (nSPS) is 19.5. The van der Waals surface area contributed by atoms with Crippen molar-refractivity contribution in [3.63, 3.8) is 0 Å². The van der Waals surface area contributed by atoms with Gasteiger partial charge in [-0.15, -0.1) is 0 Å². The van der Waals surface area contributed by atoms with Gasteiger partial charge in [-0.05, 0) is 66.2 Å². The van der Waals surface area contributed by atoms with Crippen LogP contribution in [0.3, 0.4) is 0 Å². The Morgan fingerprint density at radius 2 is 1.97 bits per heavy atom.